The van der Waals surface area contributed by atoms with Crippen molar-refractivity contribution in [3.05, 3.63) is 11.8 Å². The van der Waals surface area contributed by atoms with Crippen LogP contribution in [0, 0.1) is 0 Å². The Kier molecular flexibility index (Phi) is 3.33. The lowest BCUT2D eigenvalue weighted by atomic mass is 10.2. The Bertz CT molecular complexity index is 312. The van der Waals surface area contributed by atoms with Gasteiger partial charge in [0.15, 0.2) is 0 Å². The molecule has 1 N–H and O–H groups in total. The van der Waals surface area contributed by atoms with Crippen LogP contribution in [-0.4, -0.2) is 40.8 Å². The Labute approximate surface area is 89.9 Å². The van der Waals surface area contributed by atoms with Gasteiger partial charge in [0.1, 0.15) is 0 Å². The zero-order chi connectivity index (χ0) is 10.7. The fourth-order valence-electron chi connectivity index (χ4n) is 1.84. The largest absolute Gasteiger partial charge is 0.424 e. The summed E-state index contributed by atoms with van der Waals surface area (Å²) in [6.45, 7) is 8.12. The number of nitrogens with zero attached hydrogens (tertiary/aromatic N) is 3. The number of nitrogens with one attached hydrogen (secondary N) is 1. The molecule has 0 spiro atoms. The van der Waals surface area contributed by atoms with Gasteiger partial charge in [-0.05, 0) is 6.92 Å². The van der Waals surface area contributed by atoms with Gasteiger partial charge in [-0.2, -0.15) is 0 Å². The predicted molar refractivity (Wildman–Crippen MR) is 56.4 cm³/mol. The van der Waals surface area contributed by atoms with E-state index in [1.807, 2.05) is 6.92 Å². The van der Waals surface area contributed by atoms with Crippen LogP contribution in [-0.2, 0) is 13.0 Å². The maximum atomic E-state index is 5.49. The van der Waals surface area contributed by atoms with Crippen molar-refractivity contribution in [3.8, 4) is 0 Å². The molecule has 1 aromatic heterocycles. The zero-order valence-corrected chi connectivity index (χ0v) is 9.36. The van der Waals surface area contributed by atoms with Crippen LogP contribution in [0.4, 0.5) is 0 Å². The first-order valence-electron chi connectivity index (χ1n) is 5.55. The summed E-state index contributed by atoms with van der Waals surface area (Å²) >= 11 is 0. The van der Waals surface area contributed by atoms with Crippen molar-refractivity contribution in [1.29, 1.82) is 0 Å². The number of rotatable bonds is 3. The van der Waals surface area contributed by atoms with E-state index in [1.165, 1.54) is 0 Å². The second-order valence-electron chi connectivity index (χ2n) is 4.03. The van der Waals surface area contributed by atoms with Gasteiger partial charge < -0.3 is 9.73 Å². The molecule has 2 heterocycles. The standard InChI is InChI=1S/C10H18N4O/c1-3-9-12-13-10(15-9)7-14-5-4-11-8(2)6-14/h8,11H,3-7H2,1-2H3/t8-/m0/s1. The lowest BCUT2D eigenvalue weighted by Gasteiger charge is -2.30. The summed E-state index contributed by atoms with van der Waals surface area (Å²) in [5.74, 6) is 1.47. The van der Waals surface area contributed by atoms with E-state index in [0.29, 0.717) is 6.04 Å². The quantitative estimate of drug-likeness (QED) is 0.784. The van der Waals surface area contributed by atoms with Crippen LogP contribution < -0.4 is 5.32 Å². The van der Waals surface area contributed by atoms with Gasteiger partial charge in [0.05, 0.1) is 6.54 Å². The Hall–Kier alpha value is -0.940. The molecule has 1 saturated heterocycles. The molecule has 84 valence electrons. The van der Waals surface area contributed by atoms with E-state index in [-0.39, 0.29) is 0 Å². The molecule has 0 saturated carbocycles. The monoisotopic (exact) mass is 210 g/mol. The second-order valence-corrected chi connectivity index (χ2v) is 4.03. The van der Waals surface area contributed by atoms with Gasteiger partial charge in [0.2, 0.25) is 11.8 Å². The fraction of sp³-hybridized carbons (Fsp3) is 0.800. The van der Waals surface area contributed by atoms with E-state index >= 15 is 0 Å². The van der Waals surface area contributed by atoms with Crippen LogP contribution in [0.3, 0.4) is 0 Å². The molecule has 0 unspecified atom stereocenters. The summed E-state index contributed by atoms with van der Waals surface area (Å²) in [6.07, 6.45) is 0.810. The Morgan fingerprint density at radius 1 is 1.47 bits per heavy atom. The predicted octanol–water partition coefficient (Wildman–Crippen LogP) is 0.426. The molecule has 5 nitrogen and oxygen atoms in total. The number of hydrogen-bond acceptors (Lipinski definition) is 5. The molecule has 0 aliphatic carbocycles. The lowest BCUT2D eigenvalue weighted by Crippen LogP contribution is -2.48. The summed E-state index contributed by atoms with van der Waals surface area (Å²) < 4.78 is 5.49. The van der Waals surface area contributed by atoms with E-state index < -0.39 is 0 Å². The minimum atomic E-state index is 0.548. The van der Waals surface area contributed by atoms with Gasteiger partial charge in [0, 0.05) is 32.1 Å². The van der Waals surface area contributed by atoms with Crippen LogP contribution in [0.5, 0.6) is 0 Å². The molecule has 1 aliphatic heterocycles. The van der Waals surface area contributed by atoms with Crippen LogP contribution in [0.2, 0.25) is 0 Å². The van der Waals surface area contributed by atoms with Crippen molar-refractivity contribution < 1.29 is 4.42 Å². The Morgan fingerprint density at radius 3 is 2.93 bits per heavy atom. The molecule has 5 heteroatoms. The highest BCUT2D eigenvalue weighted by molar-refractivity contribution is 4.84. The second kappa shape index (κ2) is 4.72. The number of aryl methyl sites for hydroxylation is 1. The van der Waals surface area contributed by atoms with Crippen molar-refractivity contribution in [2.45, 2.75) is 32.9 Å². The number of piperazine rings is 1. The smallest absolute Gasteiger partial charge is 0.230 e. The third kappa shape index (κ3) is 2.76. The first kappa shape index (κ1) is 10.6. The van der Waals surface area contributed by atoms with Crippen molar-refractivity contribution >= 4 is 0 Å². The Morgan fingerprint density at radius 2 is 2.27 bits per heavy atom. The molecule has 2 rings (SSSR count). The zero-order valence-electron chi connectivity index (χ0n) is 9.36. The maximum Gasteiger partial charge on any atom is 0.230 e. The normalized spacial score (nSPS) is 23.2. The molecule has 0 radical (unpaired) electrons. The van der Waals surface area contributed by atoms with E-state index in [9.17, 15) is 0 Å². The lowest BCUT2D eigenvalue weighted by molar-refractivity contribution is 0.182. The van der Waals surface area contributed by atoms with Crippen LogP contribution in [0.15, 0.2) is 4.42 Å². The highest BCUT2D eigenvalue weighted by Crippen LogP contribution is 2.07. The molecule has 1 fully saturated rings. The third-order valence-corrected chi connectivity index (χ3v) is 2.62. The SMILES string of the molecule is CCc1nnc(CN2CCN[C@@H](C)C2)o1. The molecule has 15 heavy (non-hydrogen) atoms. The summed E-state index contributed by atoms with van der Waals surface area (Å²) in [5, 5.41) is 11.4. The first-order valence-corrected chi connectivity index (χ1v) is 5.55. The molecular formula is C10H18N4O. The van der Waals surface area contributed by atoms with Gasteiger partial charge in [-0.3, -0.25) is 4.90 Å². The Balaban J connectivity index is 1.90. The summed E-state index contributed by atoms with van der Waals surface area (Å²) in [5.41, 5.74) is 0. The van der Waals surface area contributed by atoms with E-state index in [1.54, 1.807) is 0 Å². The average molecular weight is 210 g/mol. The van der Waals surface area contributed by atoms with E-state index in [2.05, 4.69) is 27.3 Å². The highest BCUT2D eigenvalue weighted by atomic mass is 16.4. The summed E-state index contributed by atoms with van der Waals surface area (Å²) in [7, 11) is 0. The summed E-state index contributed by atoms with van der Waals surface area (Å²) in [6, 6.07) is 0.548. The number of aromatic nitrogens is 2. The molecule has 1 atom stereocenters. The van der Waals surface area contributed by atoms with Gasteiger partial charge in [-0.25, -0.2) is 0 Å². The minimum absolute atomic E-state index is 0.548. The maximum absolute atomic E-state index is 5.49. The van der Waals surface area contributed by atoms with E-state index in [4.69, 9.17) is 4.42 Å². The van der Waals surface area contributed by atoms with Crippen LogP contribution in [0.1, 0.15) is 25.6 Å². The van der Waals surface area contributed by atoms with Gasteiger partial charge in [-0.15, -0.1) is 10.2 Å². The van der Waals surface area contributed by atoms with Gasteiger partial charge in [-0.1, -0.05) is 6.92 Å². The molecule has 1 aliphatic rings. The number of hydrogen-bond donors (Lipinski definition) is 1. The average Bonchev–Trinajstić information content (AvgIpc) is 2.65. The molecule has 0 amide bonds. The molecule has 1 aromatic rings. The summed E-state index contributed by atoms with van der Waals surface area (Å²) in [4.78, 5) is 2.34. The third-order valence-electron chi connectivity index (χ3n) is 2.62. The van der Waals surface area contributed by atoms with Crippen molar-refractivity contribution in [2.75, 3.05) is 19.6 Å². The van der Waals surface area contributed by atoms with Crippen molar-refractivity contribution in [1.82, 2.24) is 20.4 Å². The van der Waals surface area contributed by atoms with Crippen molar-refractivity contribution in [2.24, 2.45) is 0 Å². The fourth-order valence-corrected chi connectivity index (χ4v) is 1.84. The van der Waals surface area contributed by atoms with Gasteiger partial charge >= 0.3 is 0 Å². The first-order chi connectivity index (χ1) is 7.28. The van der Waals surface area contributed by atoms with E-state index in [0.717, 1.165) is 44.4 Å². The van der Waals surface area contributed by atoms with Gasteiger partial charge in [0.25, 0.3) is 0 Å². The molecule has 0 bridgehead atoms. The van der Waals surface area contributed by atoms with Crippen molar-refractivity contribution in [3.63, 3.8) is 0 Å². The van der Waals surface area contributed by atoms with Crippen LogP contribution >= 0.6 is 0 Å². The minimum Gasteiger partial charge on any atom is -0.424 e. The molecule has 0 aromatic carbocycles. The topological polar surface area (TPSA) is 54.2 Å². The molecular weight excluding hydrogens is 192 g/mol. The highest BCUT2D eigenvalue weighted by Gasteiger charge is 2.17. The van der Waals surface area contributed by atoms with Crippen LogP contribution in [0.25, 0.3) is 0 Å².